The van der Waals surface area contributed by atoms with Crippen molar-refractivity contribution in [2.24, 2.45) is 0 Å². The van der Waals surface area contributed by atoms with Gasteiger partial charge in [0.1, 0.15) is 17.3 Å². The molecule has 4 rings (SSSR count). The van der Waals surface area contributed by atoms with Gasteiger partial charge in [-0.2, -0.15) is 0 Å². The van der Waals surface area contributed by atoms with Crippen LogP contribution in [-0.4, -0.2) is 67.2 Å². The van der Waals surface area contributed by atoms with Gasteiger partial charge in [-0.25, -0.2) is 18.7 Å². The second kappa shape index (κ2) is 10.5. The van der Waals surface area contributed by atoms with Crippen molar-refractivity contribution in [3.63, 3.8) is 0 Å². The minimum absolute atomic E-state index is 0.0738. The van der Waals surface area contributed by atoms with Crippen LogP contribution in [0.1, 0.15) is 10.4 Å². The van der Waals surface area contributed by atoms with Crippen LogP contribution in [-0.2, 0) is 4.79 Å². The Bertz CT molecular complexity index is 1310. The van der Waals surface area contributed by atoms with Crippen molar-refractivity contribution in [1.29, 1.82) is 0 Å². The van der Waals surface area contributed by atoms with Crippen LogP contribution in [0, 0.1) is 11.6 Å². The molecule has 0 bridgehead atoms. The lowest BCUT2D eigenvalue weighted by Gasteiger charge is -2.28. The molecule has 0 radical (unpaired) electrons. The minimum Gasteiger partial charge on any atom is -0.496 e. The zero-order valence-electron chi connectivity index (χ0n) is 19.8. The highest BCUT2D eigenvalue weighted by atomic mass is 19.1. The first kappa shape index (κ1) is 24.8. The van der Waals surface area contributed by atoms with Gasteiger partial charge in [-0.15, -0.1) is 0 Å². The van der Waals surface area contributed by atoms with Gasteiger partial charge in [-0.1, -0.05) is 6.07 Å². The number of amides is 2. The Labute approximate surface area is 205 Å². The number of carbonyl (C=O) groups is 2. The maximum Gasteiger partial charge on any atom is 0.287 e. The lowest BCUT2D eigenvalue weighted by molar-refractivity contribution is -0.122. The van der Waals surface area contributed by atoms with Crippen molar-refractivity contribution in [3.8, 4) is 22.8 Å². The fourth-order valence-electron chi connectivity index (χ4n) is 3.59. The number of likely N-dealkylation sites (N-methyl/N-ethyl adjacent to an activating group) is 2. The second-order valence-corrected chi connectivity index (χ2v) is 7.88. The zero-order valence-corrected chi connectivity index (χ0v) is 19.8. The molecule has 1 atom stereocenters. The molecular weight excluding hydrogens is 474 g/mol. The molecule has 0 saturated carbocycles. The average Bonchev–Trinajstić information content (AvgIpc) is 2.88. The number of ether oxygens (including phenoxy) is 2. The molecule has 2 amide bonds. The van der Waals surface area contributed by atoms with Crippen LogP contribution in [0.2, 0.25) is 0 Å². The quantitative estimate of drug-likeness (QED) is 0.434. The molecule has 12 heteroatoms. The first-order valence-corrected chi connectivity index (χ1v) is 11.0. The summed E-state index contributed by atoms with van der Waals surface area (Å²) in [6, 6.07) is 8.42. The number of para-hydroxylation sites is 1. The summed E-state index contributed by atoms with van der Waals surface area (Å²) in [5.74, 6) is -2.07. The Morgan fingerprint density at radius 2 is 2.08 bits per heavy atom. The van der Waals surface area contributed by atoms with E-state index in [1.165, 1.54) is 18.1 Å². The normalized spacial score (nSPS) is 14.4. The summed E-state index contributed by atoms with van der Waals surface area (Å²) in [4.78, 5) is 35.2. The van der Waals surface area contributed by atoms with Crippen molar-refractivity contribution in [3.05, 3.63) is 59.8 Å². The smallest absolute Gasteiger partial charge is 0.287 e. The molecule has 3 N–H and O–H groups in total. The van der Waals surface area contributed by atoms with E-state index < -0.39 is 23.8 Å². The third-order valence-corrected chi connectivity index (χ3v) is 5.44. The van der Waals surface area contributed by atoms with Crippen molar-refractivity contribution in [2.75, 3.05) is 44.9 Å². The molecule has 0 saturated heterocycles. The van der Waals surface area contributed by atoms with E-state index in [2.05, 4.69) is 25.9 Å². The third-order valence-electron chi connectivity index (χ3n) is 5.44. The lowest BCUT2D eigenvalue weighted by atomic mass is 10.1. The van der Waals surface area contributed by atoms with E-state index in [0.29, 0.717) is 18.8 Å². The van der Waals surface area contributed by atoms with Crippen LogP contribution in [0.5, 0.6) is 11.5 Å². The van der Waals surface area contributed by atoms with Gasteiger partial charge < -0.3 is 30.3 Å². The first-order chi connectivity index (χ1) is 17.3. The van der Waals surface area contributed by atoms with Gasteiger partial charge in [0, 0.05) is 31.8 Å². The van der Waals surface area contributed by atoms with Crippen LogP contribution < -0.4 is 25.4 Å². The Kier molecular flexibility index (Phi) is 7.25. The summed E-state index contributed by atoms with van der Waals surface area (Å²) < 4.78 is 39.2. The van der Waals surface area contributed by atoms with E-state index in [4.69, 9.17) is 9.47 Å². The fraction of sp³-hybridized carbons (Fsp3) is 0.250. The summed E-state index contributed by atoms with van der Waals surface area (Å²) in [5.41, 5.74) is 0.624. The second-order valence-electron chi connectivity index (χ2n) is 7.88. The maximum atomic E-state index is 14.6. The van der Waals surface area contributed by atoms with Crippen molar-refractivity contribution >= 4 is 23.5 Å². The molecule has 36 heavy (non-hydrogen) atoms. The van der Waals surface area contributed by atoms with Gasteiger partial charge in [-0.3, -0.25) is 9.59 Å². The third kappa shape index (κ3) is 5.03. The molecule has 0 spiro atoms. The van der Waals surface area contributed by atoms with E-state index >= 15 is 0 Å². The van der Waals surface area contributed by atoms with E-state index in [1.54, 1.807) is 32.3 Å². The number of hydrogen-bond donors (Lipinski definition) is 3. The van der Waals surface area contributed by atoms with E-state index in [1.807, 2.05) is 0 Å². The average molecular weight is 498 g/mol. The molecule has 2 aromatic carbocycles. The minimum atomic E-state index is -1.32. The molecule has 1 unspecified atom stereocenters. The highest BCUT2D eigenvalue weighted by Gasteiger charge is 2.32. The fourth-order valence-corrected chi connectivity index (χ4v) is 3.59. The van der Waals surface area contributed by atoms with Crippen LogP contribution in [0.4, 0.5) is 20.4 Å². The van der Waals surface area contributed by atoms with E-state index in [9.17, 15) is 18.4 Å². The van der Waals surface area contributed by atoms with E-state index in [-0.39, 0.29) is 40.2 Å². The number of nitrogens with one attached hydrogen (secondary N) is 3. The molecule has 0 fully saturated rings. The highest BCUT2D eigenvalue weighted by molar-refractivity contribution is 6.04. The molecule has 188 valence electrons. The summed E-state index contributed by atoms with van der Waals surface area (Å²) >= 11 is 0. The Hall–Kier alpha value is -4.32. The van der Waals surface area contributed by atoms with E-state index in [0.717, 1.165) is 18.3 Å². The molecule has 0 aliphatic carbocycles. The Morgan fingerprint density at radius 1 is 1.28 bits per heavy atom. The largest absolute Gasteiger partial charge is 0.496 e. The number of anilines is 2. The number of methoxy groups -OCH3 is 1. The van der Waals surface area contributed by atoms with Crippen molar-refractivity contribution in [1.82, 2.24) is 20.2 Å². The molecule has 1 aromatic heterocycles. The summed E-state index contributed by atoms with van der Waals surface area (Å²) in [6.07, 6.45) is -0.407. The summed E-state index contributed by atoms with van der Waals surface area (Å²) in [6.45, 7) is 1.06. The SMILES string of the molecule is CNCCN(C)C(=O)c1cccc2c1OC(Nc1ncc(F)c(-c3ccc(F)cc3OC)n1)C(=O)N2. The Balaban J connectivity index is 1.61. The number of halogens is 2. The molecule has 3 aromatic rings. The van der Waals surface area contributed by atoms with Gasteiger partial charge in [-0.05, 0) is 31.3 Å². The van der Waals surface area contributed by atoms with Crippen molar-refractivity contribution < 1.29 is 27.8 Å². The van der Waals surface area contributed by atoms with Gasteiger partial charge in [0.05, 0.1) is 24.6 Å². The van der Waals surface area contributed by atoms with Crippen LogP contribution in [0.25, 0.3) is 11.3 Å². The lowest BCUT2D eigenvalue weighted by Crippen LogP contribution is -2.44. The number of fused-ring (bicyclic) bond motifs is 1. The molecule has 10 nitrogen and oxygen atoms in total. The van der Waals surface area contributed by atoms with Gasteiger partial charge in [0.15, 0.2) is 11.6 Å². The maximum absolute atomic E-state index is 14.6. The number of rotatable bonds is 8. The molecule has 1 aliphatic rings. The van der Waals surface area contributed by atoms with Crippen LogP contribution >= 0.6 is 0 Å². The summed E-state index contributed by atoms with van der Waals surface area (Å²) in [7, 11) is 4.77. The van der Waals surface area contributed by atoms with Gasteiger partial charge in [0.2, 0.25) is 5.95 Å². The molecule has 2 heterocycles. The number of hydrogen-bond acceptors (Lipinski definition) is 8. The molecular formula is C24H24F2N6O4. The topological polar surface area (TPSA) is 118 Å². The highest BCUT2D eigenvalue weighted by Crippen LogP contribution is 2.35. The number of aromatic nitrogens is 2. The zero-order chi connectivity index (χ0) is 25.8. The number of carbonyl (C=O) groups excluding carboxylic acids is 2. The van der Waals surface area contributed by atoms with Crippen LogP contribution in [0.3, 0.4) is 0 Å². The standard InChI is InChI=1S/C24H24F2N6O4/c1-27-9-10-32(2)23(34)15-5-4-6-17-20(15)36-22(21(33)29-17)31-24-28-12-16(26)19(30-24)14-8-7-13(25)11-18(14)35-3/h4-8,11-12,22,27H,9-10H2,1-3H3,(H,29,33)(H,28,30,31). The predicted octanol–water partition coefficient (Wildman–Crippen LogP) is 2.49. The number of nitrogens with zero attached hydrogens (tertiary/aromatic N) is 3. The predicted molar refractivity (Wildman–Crippen MR) is 128 cm³/mol. The molecule has 1 aliphatic heterocycles. The first-order valence-electron chi connectivity index (χ1n) is 11.0. The summed E-state index contributed by atoms with van der Waals surface area (Å²) in [5, 5.41) is 8.38. The van der Waals surface area contributed by atoms with Crippen LogP contribution in [0.15, 0.2) is 42.6 Å². The monoisotopic (exact) mass is 498 g/mol. The van der Waals surface area contributed by atoms with Gasteiger partial charge in [0.25, 0.3) is 18.0 Å². The Morgan fingerprint density at radius 3 is 2.83 bits per heavy atom. The van der Waals surface area contributed by atoms with Crippen molar-refractivity contribution in [2.45, 2.75) is 6.23 Å². The number of benzene rings is 2. The van der Waals surface area contributed by atoms with Gasteiger partial charge >= 0.3 is 0 Å².